The van der Waals surface area contributed by atoms with E-state index in [-0.39, 0.29) is 66.9 Å². The molecule has 12 heteroatoms. The predicted octanol–water partition coefficient (Wildman–Crippen LogP) is 3.49. The van der Waals surface area contributed by atoms with Crippen molar-refractivity contribution in [3.63, 3.8) is 0 Å². The first-order valence-electron chi connectivity index (χ1n) is 14.6. The third kappa shape index (κ3) is 7.26. The summed E-state index contributed by atoms with van der Waals surface area (Å²) in [6.07, 6.45) is 0.0157. The monoisotopic (exact) mass is 643 g/mol. The maximum Gasteiger partial charge on any atom is 0.254 e. The lowest BCUT2D eigenvalue weighted by Gasteiger charge is -2.46. The molecule has 240 valence electrons. The van der Waals surface area contributed by atoms with Gasteiger partial charge in [-0.05, 0) is 38.5 Å². The fourth-order valence-corrected chi connectivity index (χ4v) is 6.87. The first-order chi connectivity index (χ1) is 19.4. The standard InChI is InChI=1S/C31H43F2N5O3.2ClH/c1-19-13-36(25(12-34-19)14-37-20(2)16-41-17-21(37)3)15-28(39)38-18-31(4,5)29-27(38)10-23(30(40)35(29)6)9-22-7-8-24(32)11-26(22)33;;/h7-8,10-11,19-21,25,34H,9,12-18H2,1-6H3;2*1H/t19-,20-,21-,25-;;/m1../s1. The van der Waals surface area contributed by atoms with E-state index < -0.39 is 17.0 Å². The number of hydrogen-bond acceptors (Lipinski definition) is 6. The average Bonchev–Trinajstić information content (AvgIpc) is 3.17. The van der Waals surface area contributed by atoms with Crippen LogP contribution in [0, 0.1) is 11.6 Å². The van der Waals surface area contributed by atoms with Gasteiger partial charge in [-0.2, -0.15) is 0 Å². The summed E-state index contributed by atoms with van der Waals surface area (Å²) in [6, 6.07) is 6.19. The van der Waals surface area contributed by atoms with Crippen LogP contribution in [0.2, 0.25) is 0 Å². The molecular weight excluding hydrogens is 599 g/mol. The largest absolute Gasteiger partial charge is 0.378 e. The lowest BCUT2D eigenvalue weighted by molar-refractivity contribution is -0.121. The highest BCUT2D eigenvalue weighted by Gasteiger charge is 2.42. The Morgan fingerprint density at radius 1 is 1.07 bits per heavy atom. The molecule has 0 spiro atoms. The Balaban J connectivity index is 0.00000253. The first kappa shape index (κ1) is 35.4. The van der Waals surface area contributed by atoms with Crippen molar-refractivity contribution in [3.8, 4) is 0 Å². The minimum absolute atomic E-state index is 0. The zero-order chi connectivity index (χ0) is 29.6. The van der Waals surface area contributed by atoms with Crippen LogP contribution in [0.15, 0.2) is 29.1 Å². The number of piperazine rings is 1. The smallest absolute Gasteiger partial charge is 0.254 e. The van der Waals surface area contributed by atoms with Gasteiger partial charge in [-0.15, -0.1) is 24.8 Å². The van der Waals surface area contributed by atoms with Crippen LogP contribution >= 0.6 is 24.8 Å². The number of morpholine rings is 1. The minimum Gasteiger partial charge on any atom is -0.378 e. The predicted molar refractivity (Wildman–Crippen MR) is 170 cm³/mol. The number of hydrogen-bond donors (Lipinski definition) is 1. The molecule has 3 aliphatic heterocycles. The van der Waals surface area contributed by atoms with Crippen LogP contribution < -0.4 is 15.8 Å². The van der Waals surface area contributed by atoms with E-state index in [1.54, 1.807) is 22.6 Å². The molecule has 1 aromatic heterocycles. The SMILES string of the molecule is C[C@@H]1CN(CC(=O)N2CC(C)(C)c3c2cc(Cc2ccc(F)cc2F)c(=O)n3C)[C@@H](CN2[C@H](C)COC[C@H]2C)CN1.Cl.Cl. The number of nitrogens with one attached hydrogen (secondary N) is 1. The molecule has 0 bridgehead atoms. The molecule has 1 amide bonds. The third-order valence-corrected chi connectivity index (χ3v) is 8.99. The molecule has 3 aliphatic rings. The summed E-state index contributed by atoms with van der Waals surface area (Å²) in [7, 11) is 1.71. The van der Waals surface area contributed by atoms with Crippen LogP contribution in [0.25, 0.3) is 0 Å². The van der Waals surface area contributed by atoms with E-state index in [4.69, 9.17) is 4.74 Å². The number of aromatic nitrogens is 1. The summed E-state index contributed by atoms with van der Waals surface area (Å²) < 4.78 is 35.3. The highest BCUT2D eigenvalue weighted by atomic mass is 35.5. The summed E-state index contributed by atoms with van der Waals surface area (Å²) in [5.74, 6) is -1.37. The number of rotatable bonds is 6. The van der Waals surface area contributed by atoms with Crippen molar-refractivity contribution in [2.45, 2.75) is 70.6 Å². The van der Waals surface area contributed by atoms with Gasteiger partial charge in [0.25, 0.3) is 5.56 Å². The van der Waals surface area contributed by atoms with Crippen LogP contribution in [0.3, 0.4) is 0 Å². The molecule has 0 saturated carbocycles. The molecule has 4 heterocycles. The van der Waals surface area contributed by atoms with Crippen LogP contribution in [-0.4, -0.2) is 90.4 Å². The summed E-state index contributed by atoms with van der Waals surface area (Å²) in [4.78, 5) is 34.0. The zero-order valence-corrected chi connectivity index (χ0v) is 27.5. The van der Waals surface area contributed by atoms with Crippen molar-refractivity contribution >= 4 is 36.4 Å². The molecule has 43 heavy (non-hydrogen) atoms. The maximum atomic E-state index is 14.5. The van der Waals surface area contributed by atoms with Gasteiger partial charge in [0.05, 0.1) is 31.1 Å². The van der Waals surface area contributed by atoms with Crippen LogP contribution in [0.4, 0.5) is 14.5 Å². The van der Waals surface area contributed by atoms with Crippen molar-refractivity contribution in [1.82, 2.24) is 19.7 Å². The molecular formula is C31H45Cl2F2N5O3. The number of anilines is 1. The average molecular weight is 645 g/mol. The Morgan fingerprint density at radius 3 is 2.40 bits per heavy atom. The summed E-state index contributed by atoms with van der Waals surface area (Å²) in [5.41, 5.74) is 1.42. The molecule has 5 rings (SSSR count). The van der Waals surface area contributed by atoms with E-state index in [1.807, 2.05) is 13.8 Å². The molecule has 2 saturated heterocycles. The van der Waals surface area contributed by atoms with Gasteiger partial charge in [0, 0.05) is 80.9 Å². The summed E-state index contributed by atoms with van der Waals surface area (Å²) in [5, 5.41) is 3.59. The van der Waals surface area contributed by atoms with Gasteiger partial charge >= 0.3 is 0 Å². The number of carbonyl (C=O) groups is 1. The lowest BCUT2D eigenvalue weighted by Crippen LogP contribution is -2.63. The van der Waals surface area contributed by atoms with E-state index in [2.05, 4.69) is 35.9 Å². The fraction of sp³-hybridized carbons (Fsp3) is 0.613. The molecule has 2 aromatic rings. The number of ether oxygens (including phenoxy) is 1. The van der Waals surface area contributed by atoms with Crippen molar-refractivity contribution < 1.29 is 18.3 Å². The van der Waals surface area contributed by atoms with Gasteiger partial charge < -0.3 is 19.5 Å². The number of nitrogens with zero attached hydrogens (tertiary/aromatic N) is 4. The van der Waals surface area contributed by atoms with E-state index >= 15 is 0 Å². The molecule has 2 fully saturated rings. The molecule has 1 N–H and O–H groups in total. The maximum absolute atomic E-state index is 14.5. The normalized spacial score (nSPS) is 25.5. The molecule has 0 unspecified atom stereocenters. The minimum atomic E-state index is -0.691. The van der Waals surface area contributed by atoms with Crippen molar-refractivity contribution in [1.29, 1.82) is 0 Å². The number of pyridine rings is 1. The highest BCUT2D eigenvalue weighted by Crippen LogP contribution is 2.40. The van der Waals surface area contributed by atoms with Gasteiger partial charge in [0.2, 0.25) is 5.91 Å². The quantitative estimate of drug-likeness (QED) is 0.520. The van der Waals surface area contributed by atoms with E-state index in [0.29, 0.717) is 43.1 Å². The second-order valence-corrected chi connectivity index (χ2v) is 12.9. The number of amides is 1. The Bertz CT molecular complexity index is 1360. The first-order valence-corrected chi connectivity index (χ1v) is 14.6. The fourth-order valence-electron chi connectivity index (χ4n) is 6.87. The second-order valence-electron chi connectivity index (χ2n) is 12.9. The number of halogens is 4. The zero-order valence-electron chi connectivity index (χ0n) is 25.9. The lowest BCUT2D eigenvalue weighted by atomic mass is 9.90. The van der Waals surface area contributed by atoms with Gasteiger partial charge in [0.1, 0.15) is 11.6 Å². The van der Waals surface area contributed by atoms with Gasteiger partial charge in [-0.3, -0.25) is 19.4 Å². The Kier molecular flexibility index (Phi) is 11.5. The third-order valence-electron chi connectivity index (χ3n) is 8.99. The van der Waals surface area contributed by atoms with Gasteiger partial charge in [-0.1, -0.05) is 19.9 Å². The van der Waals surface area contributed by atoms with Crippen molar-refractivity contribution in [2.75, 3.05) is 50.8 Å². The molecule has 0 radical (unpaired) electrons. The highest BCUT2D eigenvalue weighted by molar-refractivity contribution is 5.97. The van der Waals surface area contributed by atoms with Gasteiger partial charge in [-0.25, -0.2) is 8.78 Å². The van der Waals surface area contributed by atoms with Crippen molar-refractivity contribution in [3.05, 3.63) is 63.1 Å². The Morgan fingerprint density at radius 2 is 1.74 bits per heavy atom. The van der Waals surface area contributed by atoms with Crippen LogP contribution in [0.1, 0.15) is 51.4 Å². The summed E-state index contributed by atoms with van der Waals surface area (Å²) in [6.45, 7) is 15.1. The van der Waals surface area contributed by atoms with E-state index in [9.17, 15) is 18.4 Å². The summed E-state index contributed by atoms with van der Waals surface area (Å²) >= 11 is 0. The van der Waals surface area contributed by atoms with Crippen molar-refractivity contribution in [2.24, 2.45) is 7.05 Å². The van der Waals surface area contributed by atoms with Crippen LogP contribution in [-0.2, 0) is 28.4 Å². The number of benzene rings is 1. The topological polar surface area (TPSA) is 70.1 Å². The molecule has 1 aromatic carbocycles. The molecule has 8 nitrogen and oxygen atoms in total. The Labute approximate surface area is 265 Å². The van der Waals surface area contributed by atoms with Gasteiger partial charge in [0.15, 0.2) is 0 Å². The molecule has 4 atom stereocenters. The second kappa shape index (κ2) is 13.9. The molecule has 0 aliphatic carbocycles. The van der Waals surface area contributed by atoms with E-state index in [1.165, 1.54) is 12.1 Å². The number of fused-ring (bicyclic) bond motifs is 1. The van der Waals surface area contributed by atoms with Crippen LogP contribution in [0.5, 0.6) is 0 Å². The Hall–Kier alpha value is -2.08. The number of carbonyl (C=O) groups excluding carboxylic acids is 1. The van der Waals surface area contributed by atoms with E-state index in [0.717, 1.165) is 31.4 Å².